The van der Waals surface area contributed by atoms with Gasteiger partial charge in [0.1, 0.15) is 17.7 Å². The van der Waals surface area contributed by atoms with Crippen LogP contribution in [0.4, 0.5) is 0 Å². The molecule has 0 radical (unpaired) electrons. The molecule has 4 nitrogen and oxygen atoms in total. The van der Waals surface area contributed by atoms with Crippen molar-refractivity contribution in [3.8, 4) is 0 Å². The summed E-state index contributed by atoms with van der Waals surface area (Å²) in [5.41, 5.74) is 1.74. The van der Waals surface area contributed by atoms with E-state index in [0.29, 0.717) is 17.2 Å². The number of alkyl halides is 1. The van der Waals surface area contributed by atoms with Crippen LogP contribution < -0.4 is 0 Å². The first-order valence-electron chi connectivity index (χ1n) is 6.44. The second-order valence-corrected chi connectivity index (χ2v) is 5.36. The normalized spacial score (nSPS) is 17.9. The minimum atomic E-state index is -0.253. The summed E-state index contributed by atoms with van der Waals surface area (Å²) in [5.74, 6) is 0.331. The van der Waals surface area contributed by atoms with Crippen LogP contribution in [-0.2, 0) is 4.79 Å². The fourth-order valence-corrected chi connectivity index (χ4v) is 2.57. The smallest absolute Gasteiger partial charge is 0.258 e. The molecule has 2 heterocycles. The van der Waals surface area contributed by atoms with Crippen LogP contribution >= 0.6 is 23.2 Å². The SMILES string of the molecule is O=C(CCl)N1N=C(c2ccc(Cl)cc2)C[C@@H]1c1ccco1. The number of hydrogen-bond acceptors (Lipinski definition) is 3. The Kier molecular flexibility index (Phi) is 3.99. The van der Waals surface area contributed by atoms with Gasteiger partial charge in [-0.05, 0) is 29.8 Å². The van der Waals surface area contributed by atoms with Crippen molar-refractivity contribution < 1.29 is 9.21 Å². The van der Waals surface area contributed by atoms with Gasteiger partial charge in [0.2, 0.25) is 0 Å². The summed E-state index contributed by atoms with van der Waals surface area (Å²) in [5, 5.41) is 6.47. The molecule has 2 aromatic rings. The number of carbonyl (C=O) groups excluding carboxylic acids is 1. The molecule has 3 rings (SSSR count). The van der Waals surface area contributed by atoms with Crippen molar-refractivity contribution in [1.29, 1.82) is 0 Å². The molecular formula is C15H12Cl2N2O2. The van der Waals surface area contributed by atoms with Crippen molar-refractivity contribution in [3.63, 3.8) is 0 Å². The molecule has 1 aliphatic heterocycles. The molecule has 6 heteroatoms. The van der Waals surface area contributed by atoms with E-state index in [1.165, 1.54) is 5.01 Å². The van der Waals surface area contributed by atoms with Crippen molar-refractivity contribution in [3.05, 3.63) is 59.0 Å². The van der Waals surface area contributed by atoms with Crippen LogP contribution in [0.1, 0.15) is 23.8 Å². The Labute approximate surface area is 131 Å². The number of halogens is 2. The summed E-state index contributed by atoms with van der Waals surface area (Å²) in [7, 11) is 0. The topological polar surface area (TPSA) is 45.8 Å². The molecule has 0 saturated heterocycles. The lowest BCUT2D eigenvalue weighted by Gasteiger charge is -2.18. The Morgan fingerprint density at radius 3 is 2.71 bits per heavy atom. The first kappa shape index (κ1) is 14.2. The number of hydrazone groups is 1. The first-order chi connectivity index (χ1) is 10.2. The highest BCUT2D eigenvalue weighted by molar-refractivity contribution is 6.30. The molecule has 0 spiro atoms. The maximum absolute atomic E-state index is 12.0. The summed E-state index contributed by atoms with van der Waals surface area (Å²) in [6.45, 7) is 0. The third-order valence-corrected chi connectivity index (χ3v) is 3.81. The van der Waals surface area contributed by atoms with E-state index in [1.807, 2.05) is 18.2 Å². The van der Waals surface area contributed by atoms with E-state index in [1.54, 1.807) is 24.5 Å². The molecule has 21 heavy (non-hydrogen) atoms. The van der Waals surface area contributed by atoms with E-state index >= 15 is 0 Å². The molecule has 1 aliphatic rings. The fraction of sp³-hybridized carbons (Fsp3) is 0.200. The lowest BCUT2D eigenvalue weighted by atomic mass is 10.0. The van der Waals surface area contributed by atoms with Crippen molar-refractivity contribution in [2.24, 2.45) is 5.10 Å². The molecule has 1 aromatic carbocycles. The average molecular weight is 323 g/mol. The van der Waals surface area contributed by atoms with Gasteiger partial charge in [-0.3, -0.25) is 4.79 Å². The van der Waals surface area contributed by atoms with Crippen molar-refractivity contribution in [1.82, 2.24) is 5.01 Å². The highest BCUT2D eigenvalue weighted by Gasteiger charge is 2.34. The van der Waals surface area contributed by atoms with Crippen LogP contribution in [0, 0.1) is 0 Å². The van der Waals surface area contributed by atoms with Gasteiger partial charge in [-0.2, -0.15) is 5.10 Å². The molecule has 108 valence electrons. The summed E-state index contributed by atoms with van der Waals surface area (Å²) in [6.07, 6.45) is 2.16. The molecule has 0 unspecified atom stereocenters. The van der Waals surface area contributed by atoms with Crippen molar-refractivity contribution in [2.75, 3.05) is 5.88 Å². The number of benzene rings is 1. The monoisotopic (exact) mass is 322 g/mol. The molecule has 0 saturated carbocycles. The molecule has 0 aliphatic carbocycles. The van der Waals surface area contributed by atoms with Gasteiger partial charge in [0, 0.05) is 11.4 Å². The molecule has 1 aromatic heterocycles. The Balaban J connectivity index is 1.93. The summed E-state index contributed by atoms with van der Waals surface area (Å²) in [6, 6.07) is 10.7. The second kappa shape index (κ2) is 5.92. The fourth-order valence-electron chi connectivity index (χ4n) is 2.32. The van der Waals surface area contributed by atoms with Crippen LogP contribution in [0.2, 0.25) is 5.02 Å². The van der Waals surface area contributed by atoms with Gasteiger partial charge in [-0.25, -0.2) is 5.01 Å². The highest BCUT2D eigenvalue weighted by atomic mass is 35.5. The second-order valence-electron chi connectivity index (χ2n) is 4.66. The van der Waals surface area contributed by atoms with Crippen LogP contribution in [0.5, 0.6) is 0 Å². The average Bonchev–Trinajstić information content (AvgIpc) is 3.16. The lowest BCUT2D eigenvalue weighted by molar-refractivity contribution is -0.130. The van der Waals surface area contributed by atoms with Gasteiger partial charge in [0.15, 0.2) is 0 Å². The standard InChI is InChI=1S/C15H12Cl2N2O2/c16-9-15(20)19-13(14-2-1-7-21-14)8-12(18-19)10-3-5-11(17)6-4-10/h1-7,13H,8-9H2/t13-/m1/s1. The van der Waals surface area contributed by atoms with Crippen molar-refractivity contribution >= 4 is 34.8 Å². The first-order valence-corrected chi connectivity index (χ1v) is 7.35. The molecule has 0 fully saturated rings. The van der Waals surface area contributed by atoms with Gasteiger partial charge in [0.25, 0.3) is 5.91 Å². The quantitative estimate of drug-likeness (QED) is 0.806. The van der Waals surface area contributed by atoms with Crippen molar-refractivity contribution in [2.45, 2.75) is 12.5 Å². The zero-order valence-corrected chi connectivity index (χ0v) is 12.5. The van der Waals surface area contributed by atoms with Crippen LogP contribution in [-0.4, -0.2) is 22.5 Å². The molecule has 1 amide bonds. The van der Waals surface area contributed by atoms with Crippen LogP contribution in [0.25, 0.3) is 0 Å². The summed E-state index contributed by atoms with van der Waals surface area (Å²) in [4.78, 5) is 12.0. The summed E-state index contributed by atoms with van der Waals surface area (Å²) < 4.78 is 5.41. The molecular weight excluding hydrogens is 311 g/mol. The highest BCUT2D eigenvalue weighted by Crippen LogP contribution is 2.33. The Hall–Kier alpha value is -1.78. The molecule has 0 bridgehead atoms. The predicted octanol–water partition coefficient (Wildman–Crippen LogP) is 3.85. The number of hydrogen-bond donors (Lipinski definition) is 0. The third-order valence-electron chi connectivity index (χ3n) is 3.33. The van der Waals surface area contributed by atoms with Gasteiger partial charge >= 0.3 is 0 Å². The Morgan fingerprint density at radius 2 is 2.10 bits per heavy atom. The Morgan fingerprint density at radius 1 is 1.33 bits per heavy atom. The predicted molar refractivity (Wildman–Crippen MR) is 81.6 cm³/mol. The zero-order valence-electron chi connectivity index (χ0n) is 11.0. The van der Waals surface area contributed by atoms with Gasteiger partial charge < -0.3 is 4.42 Å². The number of furan rings is 1. The van der Waals surface area contributed by atoms with E-state index in [4.69, 9.17) is 27.6 Å². The number of nitrogens with zero attached hydrogens (tertiary/aromatic N) is 2. The lowest BCUT2D eigenvalue weighted by Crippen LogP contribution is -2.27. The minimum absolute atomic E-state index is 0.116. The maximum atomic E-state index is 12.0. The molecule has 0 N–H and O–H groups in total. The van der Waals surface area contributed by atoms with Gasteiger partial charge in [-0.1, -0.05) is 23.7 Å². The third kappa shape index (κ3) is 2.82. The molecule has 1 atom stereocenters. The summed E-state index contributed by atoms with van der Waals surface area (Å²) >= 11 is 11.6. The largest absolute Gasteiger partial charge is 0.467 e. The minimum Gasteiger partial charge on any atom is -0.467 e. The Bertz CT molecular complexity index is 665. The van der Waals surface area contributed by atoms with E-state index in [0.717, 1.165) is 11.3 Å². The van der Waals surface area contributed by atoms with Gasteiger partial charge in [0.05, 0.1) is 12.0 Å². The van der Waals surface area contributed by atoms with E-state index in [-0.39, 0.29) is 17.8 Å². The number of amides is 1. The number of rotatable bonds is 3. The van der Waals surface area contributed by atoms with Gasteiger partial charge in [-0.15, -0.1) is 11.6 Å². The van der Waals surface area contributed by atoms with Crippen LogP contribution in [0.15, 0.2) is 52.2 Å². The van der Waals surface area contributed by atoms with E-state index < -0.39 is 0 Å². The number of carbonyl (C=O) groups is 1. The van der Waals surface area contributed by atoms with Crippen LogP contribution in [0.3, 0.4) is 0 Å². The zero-order chi connectivity index (χ0) is 14.8. The maximum Gasteiger partial charge on any atom is 0.258 e. The van der Waals surface area contributed by atoms with E-state index in [9.17, 15) is 4.79 Å². The van der Waals surface area contributed by atoms with E-state index in [2.05, 4.69) is 5.10 Å².